The largest absolute Gasteiger partial charge is 0.508 e. The molecule has 2 heteroatoms. The molecule has 17 heavy (non-hydrogen) atoms. The minimum absolute atomic E-state index is 0.151. The smallest absolute Gasteiger partial charge is 0.115 e. The summed E-state index contributed by atoms with van der Waals surface area (Å²) in [5.41, 5.74) is 2.10. The number of hydrogen-bond donors (Lipinski definition) is 2. The lowest BCUT2D eigenvalue weighted by atomic mass is 10.5. The molecule has 2 aromatic carbocycles. The van der Waals surface area contributed by atoms with Crippen LogP contribution in [0.2, 0.25) is 0 Å². The molecule has 2 N–H and O–H groups in total. The molecule has 0 spiro atoms. The summed E-state index contributed by atoms with van der Waals surface area (Å²) in [6, 6.07) is 14.4. The highest BCUT2D eigenvalue weighted by Crippen LogP contribution is 2.32. The Morgan fingerprint density at radius 3 is 1.24 bits per heavy atom. The van der Waals surface area contributed by atoms with Gasteiger partial charge in [0.15, 0.2) is 0 Å². The Labute approximate surface area is 101 Å². The molecule has 2 aromatic rings. The van der Waals surface area contributed by atoms with Gasteiger partial charge >= 0.3 is 0 Å². The maximum absolute atomic E-state index is 9.30. The molecule has 0 radical (unpaired) electrons. The molecule has 0 aliphatic heterocycles. The van der Waals surface area contributed by atoms with E-state index >= 15 is 0 Å². The second-order valence-electron chi connectivity index (χ2n) is 4.72. The number of rotatable bonds is 2. The normalized spacial score (nSPS) is 11.4. The highest BCUT2D eigenvalue weighted by atomic mass is 16.3. The Bertz CT molecular complexity index is 448. The zero-order valence-corrected chi connectivity index (χ0v) is 10.0. The summed E-state index contributed by atoms with van der Waals surface area (Å²) in [5.74, 6) is 0.547. The van der Waals surface area contributed by atoms with Crippen LogP contribution in [0.3, 0.4) is 0 Å². The molecule has 0 amide bonds. The standard InChI is InChI=1S/C15H16O2/c1-15(2,11-3-7-13(16)8-4-11)12-5-9-14(17)10-6-12/h3-10,16-17H,1-2H3/i1+1,2+1,3+1,4+1,5+1,7+1,8+1,9+1,11+1,12+1,13+1,15+1. The van der Waals surface area contributed by atoms with E-state index in [0.29, 0.717) is 0 Å². The van der Waals surface area contributed by atoms with Gasteiger partial charge in [-0.1, -0.05) is 38.1 Å². The topological polar surface area (TPSA) is 40.5 Å². The van der Waals surface area contributed by atoms with E-state index in [1.54, 1.807) is 24.3 Å². The number of hydrogen-bond acceptors (Lipinski definition) is 2. The zero-order valence-electron chi connectivity index (χ0n) is 10.0. The number of phenols is 2. The third kappa shape index (κ3) is 2.26. The van der Waals surface area contributed by atoms with Crippen molar-refractivity contribution in [2.24, 2.45) is 0 Å². The van der Waals surface area contributed by atoms with E-state index < -0.39 is 0 Å². The number of benzene rings is 2. The number of aromatic hydroxyl groups is 2. The summed E-state index contributed by atoms with van der Waals surface area (Å²) < 4.78 is 0. The van der Waals surface area contributed by atoms with Crippen LogP contribution in [0.5, 0.6) is 11.5 Å². The van der Waals surface area contributed by atoms with Crippen LogP contribution >= 0.6 is 0 Å². The highest BCUT2D eigenvalue weighted by Gasteiger charge is 2.22. The predicted octanol–water partition coefficient (Wildman–Crippen LogP) is 3.42. The Kier molecular flexibility index (Phi) is 2.80. The van der Waals surface area contributed by atoms with Crippen molar-refractivity contribution in [2.75, 3.05) is 0 Å². The summed E-state index contributed by atoms with van der Waals surface area (Å²) in [5, 5.41) is 18.6. The molecule has 0 aliphatic rings. The van der Waals surface area contributed by atoms with E-state index in [1.165, 1.54) is 0 Å². The SMILES string of the molecule is [13CH3][13C]([13CH3])([13c]1ccc(O)[13cH][13cH]1)[13c]1[13cH][13cH][13c](O)[13cH][13cH]1. The van der Waals surface area contributed by atoms with Crippen LogP contribution in [0.4, 0.5) is 0 Å². The first-order valence-electron chi connectivity index (χ1n) is 5.59. The van der Waals surface area contributed by atoms with Crippen molar-refractivity contribution in [1.82, 2.24) is 0 Å². The van der Waals surface area contributed by atoms with Gasteiger partial charge in [-0.15, -0.1) is 0 Å². The van der Waals surface area contributed by atoms with Gasteiger partial charge in [-0.25, -0.2) is 0 Å². The van der Waals surface area contributed by atoms with E-state index in [-0.39, 0.29) is 16.9 Å². The highest BCUT2D eigenvalue weighted by molar-refractivity contribution is 5.41. The molecule has 0 aromatic heterocycles. The molecular formula is C15H16O2. The van der Waals surface area contributed by atoms with Crippen molar-refractivity contribution in [3.63, 3.8) is 0 Å². The molecule has 0 unspecified atom stereocenters. The van der Waals surface area contributed by atoms with E-state index in [9.17, 15) is 10.2 Å². The lowest BCUT2D eigenvalue weighted by Crippen LogP contribution is -2.18. The maximum Gasteiger partial charge on any atom is 0.115 e. The van der Waals surface area contributed by atoms with Crippen LogP contribution in [0.15, 0.2) is 48.5 Å². The molecule has 0 saturated heterocycles. The lowest BCUT2D eigenvalue weighted by molar-refractivity contribution is 0.474. The van der Waals surface area contributed by atoms with Crippen molar-refractivity contribution in [2.45, 2.75) is 19.3 Å². The Hall–Kier alpha value is -1.96. The maximum atomic E-state index is 9.30. The van der Waals surface area contributed by atoms with Crippen LogP contribution in [0.1, 0.15) is 25.0 Å². The van der Waals surface area contributed by atoms with Gasteiger partial charge in [0.2, 0.25) is 0 Å². The van der Waals surface area contributed by atoms with Crippen LogP contribution in [0.25, 0.3) is 0 Å². The van der Waals surface area contributed by atoms with Gasteiger partial charge in [0.05, 0.1) is 0 Å². The van der Waals surface area contributed by atoms with Crippen LogP contribution in [-0.2, 0) is 5.41 Å². The summed E-state index contributed by atoms with van der Waals surface area (Å²) >= 11 is 0. The first-order valence-corrected chi connectivity index (χ1v) is 5.59. The van der Waals surface area contributed by atoms with Gasteiger partial charge in [-0.2, -0.15) is 0 Å². The molecule has 0 atom stereocenters. The van der Waals surface area contributed by atoms with Gasteiger partial charge in [0.25, 0.3) is 0 Å². The van der Waals surface area contributed by atoms with Crippen LogP contribution in [-0.4, -0.2) is 10.2 Å². The fraction of sp³-hybridized carbons (Fsp3) is 0.200. The van der Waals surface area contributed by atoms with Crippen molar-refractivity contribution >= 4 is 0 Å². The fourth-order valence-electron chi connectivity index (χ4n) is 1.92. The van der Waals surface area contributed by atoms with Crippen LogP contribution < -0.4 is 0 Å². The zero-order chi connectivity index (χ0) is 12.5. The monoisotopic (exact) mass is 240 g/mol. The summed E-state index contributed by atoms with van der Waals surface area (Å²) in [7, 11) is 0. The minimum Gasteiger partial charge on any atom is -0.508 e. The second-order valence-corrected chi connectivity index (χ2v) is 4.72. The Morgan fingerprint density at radius 1 is 0.647 bits per heavy atom. The number of phenolic OH excluding ortho intramolecular Hbond substituents is 2. The molecule has 88 valence electrons. The van der Waals surface area contributed by atoms with Gasteiger partial charge in [-0.3, -0.25) is 0 Å². The van der Waals surface area contributed by atoms with Gasteiger partial charge in [-0.05, 0) is 35.4 Å². The van der Waals surface area contributed by atoms with E-state index in [4.69, 9.17) is 0 Å². The van der Waals surface area contributed by atoms with Crippen molar-refractivity contribution in [1.29, 1.82) is 0 Å². The lowest BCUT2D eigenvalue weighted by Gasteiger charge is -2.26. The van der Waals surface area contributed by atoms with Crippen molar-refractivity contribution < 1.29 is 10.2 Å². The fourth-order valence-corrected chi connectivity index (χ4v) is 1.92. The van der Waals surface area contributed by atoms with E-state index in [1.807, 2.05) is 24.3 Å². The Balaban J connectivity index is 2.41. The molecule has 0 bridgehead atoms. The Morgan fingerprint density at radius 2 is 0.941 bits per heavy atom. The minimum atomic E-state index is -0.151. The quantitative estimate of drug-likeness (QED) is 0.789. The van der Waals surface area contributed by atoms with Crippen LogP contribution in [0, 0.1) is 0 Å². The second kappa shape index (κ2) is 4.13. The van der Waals surface area contributed by atoms with Gasteiger partial charge in [0, 0.05) is 5.41 Å². The first-order chi connectivity index (χ1) is 8.00. The third-order valence-electron chi connectivity index (χ3n) is 3.18. The molecule has 0 fully saturated rings. The summed E-state index contributed by atoms with van der Waals surface area (Å²) in [6.45, 7) is 4.23. The summed E-state index contributed by atoms with van der Waals surface area (Å²) in [6.07, 6.45) is 0. The predicted molar refractivity (Wildman–Crippen MR) is 68.3 cm³/mol. The molecular weight excluding hydrogens is 224 g/mol. The molecule has 2 nitrogen and oxygen atoms in total. The molecule has 2 rings (SSSR count). The summed E-state index contributed by atoms with van der Waals surface area (Å²) in [4.78, 5) is 0. The van der Waals surface area contributed by atoms with E-state index in [0.717, 1.165) is 11.1 Å². The average Bonchev–Trinajstić information content (AvgIpc) is 2.30. The molecule has 0 aliphatic carbocycles. The molecule has 0 heterocycles. The molecule has 0 saturated carbocycles. The van der Waals surface area contributed by atoms with Crippen molar-refractivity contribution in [3.8, 4) is 11.5 Å². The third-order valence-corrected chi connectivity index (χ3v) is 3.18. The average molecular weight is 240 g/mol. The first kappa shape index (κ1) is 11.5. The van der Waals surface area contributed by atoms with E-state index in [2.05, 4.69) is 13.8 Å². The van der Waals surface area contributed by atoms with Gasteiger partial charge < -0.3 is 10.2 Å². The van der Waals surface area contributed by atoms with Gasteiger partial charge in [0.1, 0.15) is 11.5 Å². The van der Waals surface area contributed by atoms with Crippen molar-refractivity contribution in [3.05, 3.63) is 59.7 Å².